The van der Waals surface area contributed by atoms with Crippen molar-refractivity contribution in [3.63, 3.8) is 0 Å². The number of nitrogens with one attached hydrogen (secondary N) is 1. The van der Waals surface area contributed by atoms with Gasteiger partial charge in [0, 0.05) is 44.1 Å². The largest absolute Gasteiger partial charge is 0.357 e. The first-order chi connectivity index (χ1) is 11.3. The lowest BCUT2D eigenvalue weighted by Gasteiger charge is -2.23. The Bertz CT molecular complexity index is 775. The first-order valence-electron chi connectivity index (χ1n) is 7.54. The Balaban J connectivity index is 1.60. The number of imidazole rings is 1. The number of H-pyrrole nitrogens is 1. The van der Waals surface area contributed by atoms with Crippen molar-refractivity contribution in [3.8, 4) is 0 Å². The molecule has 0 fully saturated rings. The number of amides is 1. The first-order valence-corrected chi connectivity index (χ1v) is 7.54. The number of aromatic amines is 1. The number of nitrogens with zero attached hydrogens (tertiary/aromatic N) is 6. The van der Waals surface area contributed by atoms with Crippen molar-refractivity contribution in [2.75, 3.05) is 6.54 Å². The minimum atomic E-state index is -0.00459. The second-order valence-electron chi connectivity index (χ2n) is 5.75. The maximum atomic E-state index is 12.7. The Hall–Kier alpha value is -2.90. The lowest BCUT2D eigenvalue weighted by atomic mass is 10.1. The van der Waals surface area contributed by atoms with E-state index in [1.54, 1.807) is 24.8 Å². The van der Waals surface area contributed by atoms with E-state index in [1.807, 2.05) is 21.8 Å². The average molecular weight is 311 g/mol. The molecule has 0 saturated heterocycles. The fourth-order valence-electron chi connectivity index (χ4n) is 3.04. The molecule has 0 spiro atoms. The van der Waals surface area contributed by atoms with Crippen LogP contribution in [0, 0.1) is 5.92 Å². The van der Waals surface area contributed by atoms with E-state index >= 15 is 0 Å². The van der Waals surface area contributed by atoms with Gasteiger partial charge < -0.3 is 14.5 Å². The monoisotopic (exact) mass is 311 g/mol. The van der Waals surface area contributed by atoms with Crippen LogP contribution in [-0.4, -0.2) is 46.7 Å². The van der Waals surface area contributed by atoms with Crippen molar-refractivity contribution in [2.24, 2.45) is 5.92 Å². The summed E-state index contributed by atoms with van der Waals surface area (Å²) in [7, 11) is 0. The predicted molar refractivity (Wildman–Crippen MR) is 81.3 cm³/mol. The maximum absolute atomic E-state index is 12.7. The van der Waals surface area contributed by atoms with Crippen molar-refractivity contribution in [2.45, 2.75) is 19.6 Å². The molecule has 3 aromatic heterocycles. The Labute approximate surface area is 132 Å². The zero-order valence-corrected chi connectivity index (χ0v) is 12.5. The normalized spacial score (nSPS) is 17.7. The van der Waals surface area contributed by atoms with Crippen LogP contribution in [0.2, 0.25) is 0 Å². The second-order valence-corrected chi connectivity index (χ2v) is 5.75. The summed E-state index contributed by atoms with van der Waals surface area (Å²) >= 11 is 0. The van der Waals surface area contributed by atoms with Gasteiger partial charge in [0.1, 0.15) is 24.2 Å². The molecule has 0 aromatic carbocycles. The molecule has 4 heterocycles. The Kier molecular flexibility index (Phi) is 3.41. The Morgan fingerprint density at radius 3 is 3.13 bits per heavy atom. The number of hydrogen-bond acceptors (Lipinski definition) is 4. The van der Waals surface area contributed by atoms with Crippen molar-refractivity contribution >= 4 is 5.91 Å². The highest BCUT2D eigenvalue weighted by atomic mass is 16.2. The van der Waals surface area contributed by atoms with E-state index in [1.165, 1.54) is 6.33 Å². The molecule has 1 aliphatic rings. The van der Waals surface area contributed by atoms with Gasteiger partial charge in [0.25, 0.3) is 5.91 Å². The lowest BCUT2D eigenvalue weighted by Crippen LogP contribution is -2.35. The van der Waals surface area contributed by atoms with Crippen molar-refractivity contribution in [1.29, 1.82) is 0 Å². The van der Waals surface area contributed by atoms with E-state index in [2.05, 4.69) is 24.6 Å². The van der Waals surface area contributed by atoms with Gasteiger partial charge in [-0.15, -0.1) is 0 Å². The van der Waals surface area contributed by atoms with Gasteiger partial charge in [-0.1, -0.05) is 0 Å². The zero-order chi connectivity index (χ0) is 15.6. The van der Waals surface area contributed by atoms with Crippen molar-refractivity contribution < 1.29 is 4.79 Å². The highest BCUT2D eigenvalue weighted by Gasteiger charge is 2.27. The van der Waals surface area contributed by atoms with E-state index in [4.69, 9.17) is 0 Å². The van der Waals surface area contributed by atoms with Gasteiger partial charge in [-0.25, -0.2) is 9.97 Å². The minimum Gasteiger partial charge on any atom is -0.357 e. The molecular weight excluding hydrogens is 294 g/mol. The van der Waals surface area contributed by atoms with Crippen LogP contribution in [-0.2, 0) is 19.6 Å². The Morgan fingerprint density at radius 1 is 1.39 bits per heavy atom. The van der Waals surface area contributed by atoms with Gasteiger partial charge in [-0.05, 0) is 12.1 Å². The molecule has 1 aliphatic heterocycles. The molecule has 0 bridgehead atoms. The molecule has 0 radical (unpaired) electrons. The van der Waals surface area contributed by atoms with Crippen LogP contribution in [0.1, 0.15) is 16.3 Å². The Morgan fingerprint density at radius 2 is 2.35 bits per heavy atom. The summed E-state index contributed by atoms with van der Waals surface area (Å²) in [5.74, 6) is 1.15. The molecule has 0 aliphatic carbocycles. The number of rotatable bonds is 3. The van der Waals surface area contributed by atoms with Gasteiger partial charge in [0.2, 0.25) is 0 Å². The quantitative estimate of drug-likeness (QED) is 0.774. The van der Waals surface area contributed by atoms with Gasteiger partial charge in [0.15, 0.2) is 0 Å². The van der Waals surface area contributed by atoms with Crippen LogP contribution < -0.4 is 0 Å². The molecule has 8 nitrogen and oxygen atoms in total. The van der Waals surface area contributed by atoms with Gasteiger partial charge in [-0.2, -0.15) is 5.10 Å². The summed E-state index contributed by atoms with van der Waals surface area (Å²) in [6.07, 6.45) is 8.74. The summed E-state index contributed by atoms with van der Waals surface area (Å²) in [4.78, 5) is 25.9. The molecule has 0 saturated carbocycles. The smallest absolute Gasteiger partial charge is 0.270 e. The molecule has 3 aromatic rings. The number of carbonyl (C=O) groups excluding carboxylic acids is 1. The molecule has 23 heavy (non-hydrogen) atoms. The molecule has 1 amide bonds. The van der Waals surface area contributed by atoms with Crippen LogP contribution in [0.5, 0.6) is 0 Å². The molecule has 1 atom stereocenters. The first kappa shape index (κ1) is 13.7. The summed E-state index contributed by atoms with van der Waals surface area (Å²) < 4.78 is 3.92. The lowest BCUT2D eigenvalue weighted by molar-refractivity contribution is 0.0707. The highest BCUT2D eigenvalue weighted by Crippen LogP contribution is 2.18. The molecular formula is C15H17N7O. The standard InChI is InChI=1S/C15H17N7O/c23-15(13-2-1-3-17-13)21-7-12(8-22-11-16-10-19-22)6-20-5-4-18-14(20)9-21/h1-5,10-12,17H,6-9H2. The maximum Gasteiger partial charge on any atom is 0.270 e. The summed E-state index contributed by atoms with van der Waals surface area (Å²) in [6.45, 7) is 2.69. The number of hydrogen-bond donors (Lipinski definition) is 1. The summed E-state index contributed by atoms with van der Waals surface area (Å²) in [6, 6.07) is 3.63. The van der Waals surface area contributed by atoms with E-state index in [0.29, 0.717) is 25.3 Å². The third-order valence-corrected chi connectivity index (χ3v) is 4.09. The third kappa shape index (κ3) is 2.75. The van der Waals surface area contributed by atoms with Crippen LogP contribution in [0.15, 0.2) is 43.4 Å². The van der Waals surface area contributed by atoms with Crippen LogP contribution >= 0.6 is 0 Å². The van der Waals surface area contributed by atoms with Crippen LogP contribution in [0.25, 0.3) is 0 Å². The van der Waals surface area contributed by atoms with E-state index in [0.717, 1.165) is 12.4 Å². The van der Waals surface area contributed by atoms with Crippen molar-refractivity contribution in [1.82, 2.24) is 34.2 Å². The topological polar surface area (TPSA) is 84.6 Å². The molecule has 118 valence electrons. The third-order valence-electron chi connectivity index (χ3n) is 4.09. The van der Waals surface area contributed by atoms with Gasteiger partial charge in [0.05, 0.1) is 6.54 Å². The number of carbonyl (C=O) groups is 1. The SMILES string of the molecule is O=C(c1ccc[nH]1)N1Cc2nccn2CC(Cn2cncn2)C1. The minimum absolute atomic E-state index is 0.00459. The predicted octanol–water partition coefficient (Wildman–Crippen LogP) is 0.775. The van der Waals surface area contributed by atoms with E-state index < -0.39 is 0 Å². The number of aromatic nitrogens is 6. The average Bonchev–Trinajstić information content (AvgIpc) is 3.28. The van der Waals surface area contributed by atoms with Gasteiger partial charge >= 0.3 is 0 Å². The zero-order valence-electron chi connectivity index (χ0n) is 12.5. The molecule has 8 heteroatoms. The summed E-state index contributed by atoms with van der Waals surface area (Å²) in [5.41, 5.74) is 0.601. The second kappa shape index (κ2) is 5.71. The van der Waals surface area contributed by atoms with Gasteiger partial charge in [-0.3, -0.25) is 9.48 Å². The molecule has 1 unspecified atom stereocenters. The van der Waals surface area contributed by atoms with Crippen LogP contribution in [0.3, 0.4) is 0 Å². The fraction of sp³-hybridized carbons (Fsp3) is 0.333. The van der Waals surface area contributed by atoms with E-state index in [9.17, 15) is 4.79 Å². The number of fused-ring (bicyclic) bond motifs is 1. The van der Waals surface area contributed by atoms with Crippen LogP contribution in [0.4, 0.5) is 0 Å². The van der Waals surface area contributed by atoms with Crippen molar-refractivity contribution in [3.05, 3.63) is 54.9 Å². The highest BCUT2D eigenvalue weighted by molar-refractivity contribution is 5.92. The van der Waals surface area contributed by atoms with E-state index in [-0.39, 0.29) is 11.8 Å². The summed E-state index contributed by atoms with van der Waals surface area (Å²) in [5, 5.41) is 4.18. The fourth-order valence-corrected chi connectivity index (χ4v) is 3.04. The molecule has 1 N–H and O–H groups in total. The molecule has 4 rings (SSSR count).